The second-order valence-electron chi connectivity index (χ2n) is 3.74. The topological polar surface area (TPSA) is 0 Å². The molecule has 2 aromatic carbocycles. The van der Waals surface area contributed by atoms with Gasteiger partial charge in [-0.15, -0.1) is 0 Å². The summed E-state index contributed by atoms with van der Waals surface area (Å²) in [5.41, 5.74) is 2.29. The van der Waals surface area contributed by atoms with E-state index >= 15 is 0 Å². The molecule has 0 nitrogen and oxygen atoms in total. The summed E-state index contributed by atoms with van der Waals surface area (Å²) in [5.74, 6) is 0. The molecule has 0 amide bonds. The Bertz CT molecular complexity index is 509. The van der Waals surface area contributed by atoms with Crippen molar-refractivity contribution in [3.05, 3.63) is 65.4 Å². The number of rotatable bonds is 2. The van der Waals surface area contributed by atoms with Crippen LogP contribution in [0.3, 0.4) is 0 Å². The lowest BCUT2D eigenvalue weighted by molar-refractivity contribution is 1.55. The average molecular weight is 496 g/mol. The van der Waals surface area contributed by atoms with Gasteiger partial charge in [0.05, 0.1) is 0 Å². The van der Waals surface area contributed by atoms with Crippen molar-refractivity contribution in [2.45, 2.75) is 0 Å². The summed E-state index contributed by atoms with van der Waals surface area (Å²) in [7, 11) is 0. The molecule has 18 heavy (non-hydrogen) atoms. The summed E-state index contributed by atoms with van der Waals surface area (Å²) in [6.07, 6.45) is 4.17. The Morgan fingerprint density at radius 1 is 0.500 bits per heavy atom. The molecule has 0 atom stereocenters. The van der Waals surface area contributed by atoms with Crippen LogP contribution in [0.1, 0.15) is 11.1 Å². The van der Waals surface area contributed by atoms with Crippen LogP contribution < -0.4 is 0 Å². The van der Waals surface area contributed by atoms with Crippen molar-refractivity contribution in [2.24, 2.45) is 0 Å². The van der Waals surface area contributed by atoms with Crippen LogP contribution in [0, 0.1) is 0 Å². The van der Waals surface area contributed by atoms with Crippen molar-refractivity contribution in [1.29, 1.82) is 0 Å². The van der Waals surface area contributed by atoms with E-state index in [1.165, 1.54) is 0 Å². The van der Waals surface area contributed by atoms with E-state index in [1.54, 1.807) is 0 Å². The van der Waals surface area contributed by atoms with Crippen LogP contribution in [0.2, 0.25) is 0 Å². The van der Waals surface area contributed by atoms with Crippen LogP contribution in [-0.4, -0.2) is 0 Å². The lowest BCUT2D eigenvalue weighted by Gasteiger charge is -2.00. The van der Waals surface area contributed by atoms with Gasteiger partial charge in [0.25, 0.3) is 0 Å². The molecule has 0 spiro atoms. The molecule has 0 saturated carbocycles. The number of hydrogen-bond acceptors (Lipinski definition) is 0. The normalized spacial score (nSPS) is 11.1. The fraction of sp³-hybridized carbons (Fsp3) is 0. The maximum atomic E-state index is 3.48. The standard InChI is InChI=1S/C14H8Br4/c15-11-3-9(4-12(16)7-11)1-2-10-5-13(17)8-14(18)6-10/h1-8H/b2-1+. The quantitative estimate of drug-likeness (QED) is 0.397. The van der Waals surface area contributed by atoms with Crippen LogP contribution in [0.4, 0.5) is 0 Å². The monoisotopic (exact) mass is 492 g/mol. The summed E-state index contributed by atoms with van der Waals surface area (Å²) >= 11 is 13.9. The predicted octanol–water partition coefficient (Wildman–Crippen LogP) is 6.91. The van der Waals surface area contributed by atoms with Gasteiger partial charge in [-0.2, -0.15) is 0 Å². The minimum atomic E-state index is 1.06. The molecule has 0 aromatic heterocycles. The lowest BCUT2D eigenvalue weighted by atomic mass is 10.1. The summed E-state index contributed by atoms with van der Waals surface area (Å²) in [5, 5.41) is 0. The minimum Gasteiger partial charge on any atom is -0.0543 e. The number of benzene rings is 2. The zero-order valence-corrected chi connectivity index (χ0v) is 15.5. The average Bonchev–Trinajstić information content (AvgIpc) is 2.23. The first-order valence-corrected chi connectivity index (χ1v) is 8.30. The third-order valence-corrected chi connectivity index (χ3v) is 4.07. The highest BCUT2D eigenvalue weighted by Crippen LogP contribution is 2.24. The van der Waals surface area contributed by atoms with Crippen molar-refractivity contribution >= 4 is 75.9 Å². The molecular weight excluding hydrogens is 488 g/mol. The Kier molecular flexibility index (Phi) is 5.24. The molecule has 2 aromatic rings. The minimum absolute atomic E-state index is 1.06. The van der Waals surface area contributed by atoms with Gasteiger partial charge in [-0.3, -0.25) is 0 Å². The molecule has 0 unspecified atom stereocenters. The second kappa shape index (κ2) is 6.51. The first-order chi connectivity index (χ1) is 8.52. The second-order valence-corrected chi connectivity index (χ2v) is 7.40. The van der Waals surface area contributed by atoms with Crippen LogP contribution in [0.5, 0.6) is 0 Å². The first-order valence-electron chi connectivity index (χ1n) is 5.13. The van der Waals surface area contributed by atoms with E-state index in [9.17, 15) is 0 Å². The molecule has 2 rings (SSSR count). The van der Waals surface area contributed by atoms with Crippen LogP contribution in [0.15, 0.2) is 54.3 Å². The van der Waals surface area contributed by atoms with Gasteiger partial charge >= 0.3 is 0 Å². The van der Waals surface area contributed by atoms with Crippen LogP contribution in [-0.2, 0) is 0 Å². The fourth-order valence-corrected chi connectivity index (χ4v) is 4.19. The molecule has 0 saturated heterocycles. The van der Waals surface area contributed by atoms with Crippen molar-refractivity contribution in [3.8, 4) is 0 Å². The van der Waals surface area contributed by atoms with E-state index in [0.717, 1.165) is 29.0 Å². The molecule has 0 bridgehead atoms. The van der Waals surface area contributed by atoms with Crippen molar-refractivity contribution in [1.82, 2.24) is 0 Å². The fourth-order valence-electron chi connectivity index (χ4n) is 1.54. The molecule has 4 heteroatoms. The predicted molar refractivity (Wildman–Crippen MR) is 92.6 cm³/mol. The number of halogens is 4. The van der Waals surface area contributed by atoms with Gasteiger partial charge in [-0.25, -0.2) is 0 Å². The van der Waals surface area contributed by atoms with E-state index in [1.807, 2.05) is 12.1 Å². The van der Waals surface area contributed by atoms with Gasteiger partial charge in [-0.05, 0) is 47.5 Å². The van der Waals surface area contributed by atoms with E-state index in [4.69, 9.17) is 0 Å². The summed E-state index contributed by atoms with van der Waals surface area (Å²) < 4.78 is 4.25. The molecular formula is C14H8Br4. The highest BCUT2D eigenvalue weighted by atomic mass is 79.9. The largest absolute Gasteiger partial charge is 0.0543 e. The summed E-state index contributed by atoms with van der Waals surface area (Å²) in [6, 6.07) is 12.4. The van der Waals surface area contributed by atoms with Gasteiger partial charge in [0.2, 0.25) is 0 Å². The van der Waals surface area contributed by atoms with Crippen molar-refractivity contribution < 1.29 is 0 Å². The Hall–Kier alpha value is 0.1000. The van der Waals surface area contributed by atoms with Gasteiger partial charge in [0.1, 0.15) is 0 Å². The summed E-state index contributed by atoms with van der Waals surface area (Å²) in [6.45, 7) is 0. The van der Waals surface area contributed by atoms with Crippen LogP contribution >= 0.6 is 63.7 Å². The van der Waals surface area contributed by atoms with Crippen molar-refractivity contribution in [3.63, 3.8) is 0 Å². The zero-order valence-electron chi connectivity index (χ0n) is 9.13. The van der Waals surface area contributed by atoms with Gasteiger partial charge < -0.3 is 0 Å². The lowest BCUT2D eigenvalue weighted by Crippen LogP contribution is -1.76. The maximum Gasteiger partial charge on any atom is 0.0192 e. The van der Waals surface area contributed by atoms with E-state index in [0.29, 0.717) is 0 Å². The molecule has 0 radical (unpaired) electrons. The summed E-state index contributed by atoms with van der Waals surface area (Å²) in [4.78, 5) is 0. The Morgan fingerprint density at radius 2 is 0.778 bits per heavy atom. The van der Waals surface area contributed by atoms with Gasteiger partial charge in [0, 0.05) is 17.9 Å². The van der Waals surface area contributed by atoms with Crippen molar-refractivity contribution in [2.75, 3.05) is 0 Å². The van der Waals surface area contributed by atoms with E-state index in [-0.39, 0.29) is 0 Å². The Morgan fingerprint density at radius 3 is 1.06 bits per heavy atom. The molecule has 0 aliphatic heterocycles. The molecule has 0 heterocycles. The SMILES string of the molecule is Brc1cc(Br)cc(/C=C/c2cc(Br)cc(Br)c2)c1. The molecule has 92 valence electrons. The van der Waals surface area contributed by atoms with Gasteiger partial charge in [0.15, 0.2) is 0 Å². The highest BCUT2D eigenvalue weighted by molar-refractivity contribution is 9.11. The Balaban J connectivity index is 2.29. The zero-order chi connectivity index (χ0) is 13.1. The maximum absolute atomic E-state index is 3.48. The third-order valence-electron chi connectivity index (χ3n) is 2.24. The first kappa shape index (κ1) is 14.5. The third kappa shape index (κ3) is 4.34. The molecule has 0 aliphatic rings. The molecule has 0 N–H and O–H groups in total. The smallest absolute Gasteiger partial charge is 0.0192 e. The Labute approximate surface area is 140 Å². The highest BCUT2D eigenvalue weighted by Gasteiger charge is 1.96. The van der Waals surface area contributed by atoms with Gasteiger partial charge in [-0.1, -0.05) is 75.9 Å². The van der Waals surface area contributed by atoms with Crippen LogP contribution in [0.25, 0.3) is 12.2 Å². The molecule has 0 aliphatic carbocycles. The molecule has 0 fully saturated rings. The van der Waals surface area contributed by atoms with E-state index in [2.05, 4.69) is 100 Å². The van der Waals surface area contributed by atoms with E-state index < -0.39 is 0 Å². The number of hydrogen-bond donors (Lipinski definition) is 0.